The fourth-order valence-electron chi connectivity index (χ4n) is 2.84. The monoisotopic (exact) mass is 247 g/mol. The molecule has 0 bridgehead atoms. The lowest BCUT2D eigenvalue weighted by atomic mass is 10.0. The van der Waals surface area contributed by atoms with Gasteiger partial charge in [0.25, 0.3) is 0 Å². The highest BCUT2D eigenvalue weighted by Gasteiger charge is 2.32. The molecule has 1 aliphatic carbocycles. The second kappa shape index (κ2) is 4.63. The van der Waals surface area contributed by atoms with Crippen molar-refractivity contribution in [2.75, 3.05) is 24.6 Å². The van der Waals surface area contributed by atoms with E-state index in [0.29, 0.717) is 12.5 Å². The maximum absolute atomic E-state index is 11.4. The van der Waals surface area contributed by atoms with Gasteiger partial charge in [0.15, 0.2) is 9.84 Å². The number of sulfone groups is 1. The van der Waals surface area contributed by atoms with Gasteiger partial charge < -0.3 is 5.11 Å². The van der Waals surface area contributed by atoms with Gasteiger partial charge in [-0.25, -0.2) is 8.42 Å². The lowest BCUT2D eigenvalue weighted by molar-refractivity contribution is 0.0924. The van der Waals surface area contributed by atoms with Crippen LogP contribution in [0.1, 0.15) is 26.2 Å². The molecule has 0 spiro atoms. The molecule has 1 saturated carbocycles. The van der Waals surface area contributed by atoms with E-state index in [9.17, 15) is 13.5 Å². The summed E-state index contributed by atoms with van der Waals surface area (Å²) >= 11 is 0. The Hall–Kier alpha value is -0.130. The third-order valence-corrected chi connectivity index (χ3v) is 5.69. The van der Waals surface area contributed by atoms with Crippen molar-refractivity contribution in [3.05, 3.63) is 0 Å². The average molecular weight is 247 g/mol. The van der Waals surface area contributed by atoms with Crippen LogP contribution in [-0.2, 0) is 9.84 Å². The molecule has 1 saturated heterocycles. The first-order valence-electron chi connectivity index (χ1n) is 6.10. The Morgan fingerprint density at radius 1 is 1.38 bits per heavy atom. The predicted molar refractivity (Wildman–Crippen MR) is 63.0 cm³/mol. The van der Waals surface area contributed by atoms with Crippen molar-refractivity contribution >= 4 is 9.84 Å². The molecule has 3 unspecified atom stereocenters. The normalized spacial score (nSPS) is 40.0. The summed E-state index contributed by atoms with van der Waals surface area (Å²) in [7, 11) is -2.82. The molecule has 0 radical (unpaired) electrons. The molecule has 1 aliphatic heterocycles. The molecule has 16 heavy (non-hydrogen) atoms. The third-order valence-electron chi connectivity index (χ3n) is 3.90. The van der Waals surface area contributed by atoms with Crippen LogP contribution in [0.3, 0.4) is 0 Å². The molecule has 4 nitrogen and oxygen atoms in total. The van der Waals surface area contributed by atoms with Gasteiger partial charge in [-0.15, -0.1) is 0 Å². The minimum absolute atomic E-state index is 0.103. The Morgan fingerprint density at radius 2 is 2.12 bits per heavy atom. The highest BCUT2D eigenvalue weighted by atomic mass is 32.2. The Kier molecular flexibility index (Phi) is 3.56. The van der Waals surface area contributed by atoms with Crippen molar-refractivity contribution in [1.29, 1.82) is 0 Å². The molecule has 5 heteroatoms. The van der Waals surface area contributed by atoms with E-state index in [2.05, 4.69) is 4.90 Å². The van der Waals surface area contributed by atoms with Gasteiger partial charge in [-0.2, -0.15) is 0 Å². The molecule has 3 atom stereocenters. The molecule has 2 aliphatic rings. The maximum Gasteiger partial charge on any atom is 0.153 e. The third kappa shape index (κ3) is 2.76. The summed E-state index contributed by atoms with van der Waals surface area (Å²) in [6.07, 6.45) is 2.92. The van der Waals surface area contributed by atoms with E-state index in [1.54, 1.807) is 0 Å². The van der Waals surface area contributed by atoms with Gasteiger partial charge in [0, 0.05) is 19.1 Å². The van der Waals surface area contributed by atoms with E-state index in [1.807, 2.05) is 6.92 Å². The molecule has 1 N–H and O–H groups in total. The Balaban J connectivity index is 1.91. The summed E-state index contributed by atoms with van der Waals surface area (Å²) in [5.74, 6) is 0.902. The Morgan fingerprint density at radius 3 is 2.69 bits per heavy atom. The van der Waals surface area contributed by atoms with Gasteiger partial charge in [0.05, 0.1) is 17.6 Å². The molecule has 0 amide bonds. The van der Waals surface area contributed by atoms with E-state index in [0.717, 1.165) is 25.8 Å². The van der Waals surface area contributed by atoms with Gasteiger partial charge in [0.1, 0.15) is 0 Å². The molecule has 0 aromatic carbocycles. The SMILES string of the molecule is CC1CS(=O)(=O)CCN1CC1CCCC1O. The molecule has 2 fully saturated rings. The van der Waals surface area contributed by atoms with E-state index in [4.69, 9.17) is 0 Å². The first-order chi connectivity index (χ1) is 7.48. The Labute approximate surface area is 97.6 Å². The van der Waals surface area contributed by atoms with E-state index in [1.165, 1.54) is 0 Å². The summed E-state index contributed by atoms with van der Waals surface area (Å²) in [5, 5.41) is 9.76. The van der Waals surface area contributed by atoms with Crippen LogP contribution in [0, 0.1) is 5.92 Å². The van der Waals surface area contributed by atoms with Gasteiger partial charge in [-0.3, -0.25) is 4.90 Å². The molecule has 94 valence electrons. The standard InChI is InChI=1S/C11H21NO3S/c1-9-8-16(14,15)6-5-12(9)7-10-3-2-4-11(10)13/h9-11,13H,2-8H2,1H3. The summed E-state index contributed by atoms with van der Waals surface area (Å²) in [6, 6.07) is 0.103. The topological polar surface area (TPSA) is 57.6 Å². The maximum atomic E-state index is 11.4. The van der Waals surface area contributed by atoms with Crippen LogP contribution in [0.5, 0.6) is 0 Å². The highest BCUT2D eigenvalue weighted by molar-refractivity contribution is 7.91. The second-order valence-corrected chi connectivity index (χ2v) is 7.45. The fraction of sp³-hybridized carbons (Fsp3) is 1.00. The van der Waals surface area contributed by atoms with E-state index < -0.39 is 9.84 Å². The van der Waals surface area contributed by atoms with E-state index >= 15 is 0 Å². The first kappa shape index (κ1) is 12.3. The van der Waals surface area contributed by atoms with Gasteiger partial charge in [-0.1, -0.05) is 6.42 Å². The largest absolute Gasteiger partial charge is 0.393 e. The zero-order valence-electron chi connectivity index (χ0n) is 9.80. The lowest BCUT2D eigenvalue weighted by Gasteiger charge is -2.35. The van der Waals surface area contributed by atoms with Crippen LogP contribution in [-0.4, -0.2) is 55.2 Å². The Bertz CT molecular complexity index is 341. The molecular formula is C11H21NO3S. The average Bonchev–Trinajstić information content (AvgIpc) is 2.56. The number of nitrogens with zero attached hydrogens (tertiary/aromatic N) is 1. The van der Waals surface area contributed by atoms with Gasteiger partial charge in [-0.05, 0) is 25.7 Å². The first-order valence-corrected chi connectivity index (χ1v) is 7.92. The van der Waals surface area contributed by atoms with Crippen molar-refractivity contribution in [3.63, 3.8) is 0 Å². The molecule has 1 heterocycles. The molecule has 0 aromatic heterocycles. The minimum Gasteiger partial charge on any atom is -0.393 e. The minimum atomic E-state index is -2.82. The van der Waals surface area contributed by atoms with Crippen molar-refractivity contribution < 1.29 is 13.5 Å². The van der Waals surface area contributed by atoms with Crippen LogP contribution in [0.4, 0.5) is 0 Å². The quantitative estimate of drug-likeness (QED) is 0.761. The summed E-state index contributed by atoms with van der Waals surface area (Å²) in [4.78, 5) is 2.22. The van der Waals surface area contributed by atoms with E-state index in [-0.39, 0.29) is 23.7 Å². The predicted octanol–water partition coefficient (Wildman–Crippen LogP) is 0.266. The smallest absolute Gasteiger partial charge is 0.153 e. The fourth-order valence-corrected chi connectivity index (χ4v) is 4.46. The van der Waals surface area contributed by atoms with Crippen LogP contribution < -0.4 is 0 Å². The van der Waals surface area contributed by atoms with Crippen molar-refractivity contribution in [2.24, 2.45) is 5.92 Å². The molecular weight excluding hydrogens is 226 g/mol. The van der Waals surface area contributed by atoms with Crippen LogP contribution in [0.2, 0.25) is 0 Å². The summed E-state index contributed by atoms with van der Waals surface area (Å²) < 4.78 is 22.9. The van der Waals surface area contributed by atoms with Crippen molar-refractivity contribution in [2.45, 2.75) is 38.3 Å². The van der Waals surface area contributed by atoms with Gasteiger partial charge >= 0.3 is 0 Å². The zero-order valence-corrected chi connectivity index (χ0v) is 10.6. The van der Waals surface area contributed by atoms with Crippen LogP contribution in [0.15, 0.2) is 0 Å². The van der Waals surface area contributed by atoms with Crippen molar-refractivity contribution in [1.82, 2.24) is 4.90 Å². The summed E-state index contributed by atoms with van der Waals surface area (Å²) in [6.45, 7) is 3.46. The molecule has 2 rings (SSSR count). The second-order valence-electron chi connectivity index (χ2n) is 5.22. The van der Waals surface area contributed by atoms with Crippen LogP contribution >= 0.6 is 0 Å². The molecule has 0 aromatic rings. The lowest BCUT2D eigenvalue weighted by Crippen LogP contribution is -2.49. The highest BCUT2D eigenvalue weighted by Crippen LogP contribution is 2.27. The number of hydrogen-bond acceptors (Lipinski definition) is 4. The van der Waals surface area contributed by atoms with Gasteiger partial charge in [0.2, 0.25) is 0 Å². The van der Waals surface area contributed by atoms with Crippen LogP contribution in [0.25, 0.3) is 0 Å². The van der Waals surface area contributed by atoms with Crippen molar-refractivity contribution in [3.8, 4) is 0 Å². The number of aliphatic hydroxyl groups is 1. The number of hydrogen-bond donors (Lipinski definition) is 1. The number of rotatable bonds is 2. The summed E-state index contributed by atoms with van der Waals surface area (Å²) in [5.41, 5.74) is 0. The zero-order chi connectivity index (χ0) is 11.8. The number of aliphatic hydroxyl groups excluding tert-OH is 1.